The van der Waals surface area contributed by atoms with E-state index in [1.165, 1.54) is 17.1 Å². The topological polar surface area (TPSA) is 102 Å². The van der Waals surface area contributed by atoms with Gasteiger partial charge in [0.05, 0.1) is 13.7 Å². The molecule has 1 aromatic carbocycles. The molecule has 1 amide bonds. The Balaban J connectivity index is 1.66. The van der Waals surface area contributed by atoms with Gasteiger partial charge >= 0.3 is 0 Å². The molecule has 34 heavy (non-hydrogen) atoms. The summed E-state index contributed by atoms with van der Waals surface area (Å²) in [5, 5.41) is 3.77. The monoisotopic (exact) mass is 493 g/mol. The van der Waals surface area contributed by atoms with Crippen molar-refractivity contribution in [3.8, 4) is 11.5 Å². The van der Waals surface area contributed by atoms with Crippen LogP contribution < -0.4 is 9.47 Å². The first-order chi connectivity index (χ1) is 16.3. The largest absolute Gasteiger partial charge is 0.493 e. The van der Waals surface area contributed by atoms with Gasteiger partial charge in [-0.15, -0.1) is 0 Å². The first-order valence-electron chi connectivity index (χ1n) is 11.8. The number of benzene rings is 1. The van der Waals surface area contributed by atoms with Gasteiger partial charge in [0.15, 0.2) is 17.3 Å². The highest BCUT2D eigenvalue weighted by molar-refractivity contribution is 7.89. The molecule has 1 aliphatic rings. The minimum Gasteiger partial charge on any atom is -0.493 e. The Morgan fingerprint density at radius 3 is 2.56 bits per heavy atom. The van der Waals surface area contributed by atoms with Crippen molar-refractivity contribution < 1.29 is 27.2 Å². The van der Waals surface area contributed by atoms with Crippen molar-refractivity contribution in [2.24, 2.45) is 0 Å². The number of hydrogen-bond acceptors (Lipinski definition) is 7. The van der Waals surface area contributed by atoms with Gasteiger partial charge in [-0.3, -0.25) is 4.79 Å². The maximum Gasteiger partial charge on any atom is 0.254 e. The number of aryl methyl sites for hydroxylation is 2. The van der Waals surface area contributed by atoms with Crippen molar-refractivity contribution in [2.75, 3.05) is 39.9 Å². The van der Waals surface area contributed by atoms with Crippen LogP contribution in [-0.4, -0.2) is 68.6 Å². The zero-order valence-electron chi connectivity index (χ0n) is 20.5. The maximum absolute atomic E-state index is 13.2. The molecule has 0 unspecified atom stereocenters. The summed E-state index contributed by atoms with van der Waals surface area (Å²) in [7, 11) is -2.19. The van der Waals surface area contributed by atoms with Crippen LogP contribution in [0.2, 0.25) is 0 Å². The molecule has 1 aliphatic heterocycles. The number of carbonyl (C=O) groups excluding carboxylic acids is 1. The average Bonchev–Trinajstić information content (AvgIpc) is 3.01. The molecular weight excluding hydrogens is 458 g/mol. The molecule has 0 N–H and O–H groups in total. The van der Waals surface area contributed by atoms with Gasteiger partial charge < -0.3 is 18.9 Å². The van der Waals surface area contributed by atoms with Crippen LogP contribution in [-0.2, 0) is 10.0 Å². The fraction of sp³-hybridized carbons (Fsp3) is 0.583. The van der Waals surface area contributed by atoms with E-state index in [9.17, 15) is 13.2 Å². The van der Waals surface area contributed by atoms with Crippen molar-refractivity contribution in [1.29, 1.82) is 0 Å². The van der Waals surface area contributed by atoms with E-state index in [-0.39, 0.29) is 23.1 Å². The van der Waals surface area contributed by atoms with E-state index in [0.29, 0.717) is 55.4 Å². The first kappa shape index (κ1) is 26.0. The van der Waals surface area contributed by atoms with Crippen LogP contribution in [0.3, 0.4) is 0 Å². The van der Waals surface area contributed by atoms with Crippen molar-refractivity contribution in [3.05, 3.63) is 35.2 Å². The number of hydrogen-bond donors (Lipinski definition) is 0. The predicted octanol–water partition coefficient (Wildman–Crippen LogP) is 3.80. The fourth-order valence-corrected chi connectivity index (χ4v) is 5.88. The highest BCUT2D eigenvalue weighted by Crippen LogP contribution is 2.29. The lowest BCUT2D eigenvalue weighted by molar-refractivity contribution is 0.0763. The average molecular weight is 494 g/mol. The molecule has 3 rings (SSSR count). The van der Waals surface area contributed by atoms with Crippen LogP contribution in [0.5, 0.6) is 11.5 Å². The Kier molecular flexibility index (Phi) is 8.96. The molecule has 2 heterocycles. The van der Waals surface area contributed by atoms with E-state index in [1.54, 1.807) is 44.1 Å². The minimum atomic E-state index is -3.75. The van der Waals surface area contributed by atoms with Gasteiger partial charge in [0.2, 0.25) is 10.0 Å². The van der Waals surface area contributed by atoms with Gasteiger partial charge in [-0.2, -0.15) is 4.31 Å². The van der Waals surface area contributed by atoms with E-state index in [2.05, 4.69) is 12.1 Å². The molecule has 188 valence electrons. The number of ether oxygens (including phenoxy) is 2. The number of methoxy groups -OCH3 is 1. The lowest BCUT2D eigenvalue weighted by Crippen LogP contribution is -2.37. The molecule has 0 aliphatic carbocycles. The van der Waals surface area contributed by atoms with Crippen molar-refractivity contribution in [1.82, 2.24) is 14.4 Å². The molecule has 9 nitrogen and oxygen atoms in total. The highest BCUT2D eigenvalue weighted by Gasteiger charge is 2.33. The van der Waals surface area contributed by atoms with E-state index in [1.807, 2.05) is 0 Å². The third kappa shape index (κ3) is 5.90. The van der Waals surface area contributed by atoms with Gasteiger partial charge in [0.1, 0.15) is 10.6 Å². The van der Waals surface area contributed by atoms with Gasteiger partial charge in [0, 0.05) is 31.7 Å². The molecule has 1 aromatic heterocycles. The SMILES string of the molecule is CCCCCCOc1ccc(C(=O)N2CCCN(S(=O)(=O)c3c(C)noc3C)CC2)cc1OC. The Bertz CT molecular complexity index is 1060. The van der Waals surface area contributed by atoms with Crippen LogP contribution in [0.25, 0.3) is 0 Å². The molecule has 0 atom stereocenters. The summed E-state index contributed by atoms with van der Waals surface area (Å²) in [5.74, 6) is 1.24. The van der Waals surface area contributed by atoms with Crippen molar-refractivity contribution >= 4 is 15.9 Å². The van der Waals surface area contributed by atoms with Gasteiger partial charge in [-0.05, 0) is 44.9 Å². The number of carbonyl (C=O) groups is 1. The second-order valence-electron chi connectivity index (χ2n) is 8.48. The Morgan fingerprint density at radius 1 is 1.09 bits per heavy atom. The lowest BCUT2D eigenvalue weighted by atomic mass is 10.1. The third-order valence-corrected chi connectivity index (χ3v) is 8.12. The van der Waals surface area contributed by atoms with Gasteiger partial charge in [-0.1, -0.05) is 31.3 Å². The molecule has 0 saturated carbocycles. The van der Waals surface area contributed by atoms with E-state index in [4.69, 9.17) is 14.0 Å². The number of nitrogens with zero attached hydrogens (tertiary/aromatic N) is 3. The summed E-state index contributed by atoms with van der Waals surface area (Å²) in [5.41, 5.74) is 0.826. The van der Waals surface area contributed by atoms with Gasteiger partial charge in [0.25, 0.3) is 5.91 Å². The Morgan fingerprint density at radius 2 is 1.88 bits per heavy atom. The summed E-state index contributed by atoms with van der Waals surface area (Å²) < 4.78 is 44.0. The van der Waals surface area contributed by atoms with Crippen LogP contribution in [0, 0.1) is 13.8 Å². The second-order valence-corrected chi connectivity index (χ2v) is 10.4. The van der Waals surface area contributed by atoms with E-state index < -0.39 is 10.0 Å². The van der Waals surface area contributed by atoms with Gasteiger partial charge in [-0.25, -0.2) is 8.42 Å². The van der Waals surface area contributed by atoms with Crippen LogP contribution in [0.1, 0.15) is 60.8 Å². The summed E-state index contributed by atoms with van der Waals surface area (Å²) in [4.78, 5) is 15.0. The lowest BCUT2D eigenvalue weighted by Gasteiger charge is -2.22. The van der Waals surface area contributed by atoms with Crippen LogP contribution in [0.15, 0.2) is 27.6 Å². The number of amides is 1. The number of unbranched alkanes of at least 4 members (excludes halogenated alkanes) is 3. The molecule has 2 aromatic rings. The normalized spacial score (nSPS) is 15.2. The summed E-state index contributed by atoms with van der Waals surface area (Å²) in [6.45, 7) is 7.25. The Labute approximate surface area is 202 Å². The molecule has 1 fully saturated rings. The second kappa shape index (κ2) is 11.7. The van der Waals surface area contributed by atoms with Crippen LogP contribution in [0.4, 0.5) is 0 Å². The van der Waals surface area contributed by atoms with E-state index >= 15 is 0 Å². The Hall–Kier alpha value is -2.59. The maximum atomic E-state index is 13.2. The molecule has 0 radical (unpaired) electrons. The number of aromatic nitrogens is 1. The standard InChI is InChI=1S/C24H35N3O6S/c1-5-6-7-8-16-32-21-11-10-20(17-22(21)31-4)24(28)26-12-9-13-27(15-14-26)34(29,30)23-18(2)25-33-19(23)3/h10-11,17H,5-9,12-16H2,1-4H3. The third-order valence-electron chi connectivity index (χ3n) is 5.97. The summed E-state index contributed by atoms with van der Waals surface area (Å²) >= 11 is 0. The predicted molar refractivity (Wildman–Crippen MR) is 128 cm³/mol. The van der Waals surface area contributed by atoms with E-state index in [0.717, 1.165) is 12.8 Å². The fourth-order valence-electron chi connectivity index (χ4n) is 4.12. The van der Waals surface area contributed by atoms with Crippen molar-refractivity contribution in [2.45, 2.75) is 57.8 Å². The molecule has 0 bridgehead atoms. The molecule has 1 saturated heterocycles. The number of sulfonamides is 1. The molecule has 0 spiro atoms. The number of rotatable bonds is 10. The zero-order chi connectivity index (χ0) is 24.7. The highest BCUT2D eigenvalue weighted by atomic mass is 32.2. The smallest absolute Gasteiger partial charge is 0.254 e. The molecule has 10 heteroatoms. The van der Waals surface area contributed by atoms with Crippen molar-refractivity contribution in [3.63, 3.8) is 0 Å². The first-order valence-corrected chi connectivity index (χ1v) is 13.3. The van der Waals surface area contributed by atoms with Crippen LogP contribution >= 0.6 is 0 Å². The summed E-state index contributed by atoms with van der Waals surface area (Å²) in [6, 6.07) is 5.18. The molecular formula is C24H35N3O6S. The quantitative estimate of drug-likeness (QED) is 0.464. The summed E-state index contributed by atoms with van der Waals surface area (Å²) in [6.07, 6.45) is 4.97. The zero-order valence-corrected chi connectivity index (χ0v) is 21.3. The minimum absolute atomic E-state index is 0.113.